The van der Waals surface area contributed by atoms with Gasteiger partial charge in [-0.3, -0.25) is 14.8 Å². The molecule has 1 aliphatic rings. The molecule has 0 fully saturated rings. The van der Waals surface area contributed by atoms with Gasteiger partial charge < -0.3 is 15.4 Å². The summed E-state index contributed by atoms with van der Waals surface area (Å²) in [5.74, 6) is 2.01. The molecule has 1 aliphatic heterocycles. The Hall–Kier alpha value is -3.93. The molecular weight excluding hydrogens is 424 g/mol. The number of rotatable bonds is 6. The van der Waals surface area contributed by atoms with E-state index in [2.05, 4.69) is 47.4 Å². The van der Waals surface area contributed by atoms with Crippen molar-refractivity contribution in [3.8, 4) is 11.5 Å². The van der Waals surface area contributed by atoms with E-state index in [1.165, 1.54) is 5.56 Å². The highest BCUT2D eigenvalue weighted by molar-refractivity contribution is 6.06. The van der Waals surface area contributed by atoms with Crippen molar-refractivity contribution in [2.75, 3.05) is 18.4 Å². The predicted molar refractivity (Wildman–Crippen MR) is 138 cm³/mol. The van der Waals surface area contributed by atoms with E-state index in [4.69, 9.17) is 4.74 Å². The molecule has 0 spiro atoms. The highest BCUT2D eigenvalue weighted by Gasteiger charge is 2.15. The number of benzene rings is 2. The number of carbonyl (C=O) groups excluding carboxylic acids is 1. The molecule has 0 saturated carbocycles. The van der Waals surface area contributed by atoms with Gasteiger partial charge in [-0.15, -0.1) is 0 Å². The lowest BCUT2D eigenvalue weighted by Gasteiger charge is -2.20. The molecule has 0 radical (unpaired) electrons. The van der Waals surface area contributed by atoms with Gasteiger partial charge in [0, 0.05) is 30.1 Å². The lowest BCUT2D eigenvalue weighted by atomic mass is 9.87. The van der Waals surface area contributed by atoms with Gasteiger partial charge in [0.1, 0.15) is 23.0 Å². The van der Waals surface area contributed by atoms with Crippen LogP contribution in [-0.4, -0.2) is 29.8 Å². The molecular formula is C28H30N4O2. The molecule has 6 nitrogen and oxygen atoms in total. The zero-order valence-electron chi connectivity index (χ0n) is 20.1. The van der Waals surface area contributed by atoms with Gasteiger partial charge in [-0.25, -0.2) is 0 Å². The zero-order valence-corrected chi connectivity index (χ0v) is 20.1. The number of aliphatic imine (C=N–C) groups is 1. The summed E-state index contributed by atoms with van der Waals surface area (Å²) < 4.78 is 6.05. The highest BCUT2D eigenvalue weighted by Crippen LogP contribution is 2.26. The zero-order chi connectivity index (χ0) is 24.1. The van der Waals surface area contributed by atoms with Crippen LogP contribution in [0.1, 0.15) is 44.5 Å². The summed E-state index contributed by atoms with van der Waals surface area (Å²) in [5, 5.41) is 6.22. The van der Waals surface area contributed by atoms with E-state index in [1.807, 2.05) is 60.7 Å². The third-order valence-corrected chi connectivity index (χ3v) is 5.47. The summed E-state index contributed by atoms with van der Waals surface area (Å²) in [6.45, 7) is 9.85. The molecule has 0 unspecified atom stereocenters. The number of nitrogens with one attached hydrogen (secondary N) is 2. The molecule has 1 aromatic heterocycles. The normalized spacial score (nSPS) is 13.8. The maximum atomic E-state index is 12.8. The molecule has 2 aromatic carbocycles. The first-order chi connectivity index (χ1) is 16.3. The van der Waals surface area contributed by atoms with Crippen LogP contribution in [0.5, 0.6) is 11.5 Å². The molecule has 0 atom stereocenters. The molecule has 34 heavy (non-hydrogen) atoms. The maximum Gasteiger partial charge on any atom is 0.251 e. The number of ether oxygens (including phenoxy) is 1. The van der Waals surface area contributed by atoms with Crippen LogP contribution in [0.2, 0.25) is 0 Å². The van der Waals surface area contributed by atoms with E-state index in [0.29, 0.717) is 17.1 Å². The van der Waals surface area contributed by atoms with E-state index >= 15 is 0 Å². The standard InChI is InChI=1S/C28H30N4O2/c1-19(27(33)32-22-9-6-8-21(17-22)28(2,3)4)15-20-7-5-10-23(16-20)34-24-11-12-29-25(18-24)26-30-13-14-31-26/h5-12,15-18H,13-14H2,1-4H3,(H,30,31)(H,32,33)/b19-15+. The smallest absolute Gasteiger partial charge is 0.251 e. The third kappa shape index (κ3) is 5.90. The van der Waals surface area contributed by atoms with Gasteiger partial charge in [-0.2, -0.15) is 0 Å². The van der Waals surface area contributed by atoms with E-state index in [9.17, 15) is 4.79 Å². The first-order valence-electron chi connectivity index (χ1n) is 11.4. The fraction of sp³-hybridized carbons (Fsp3) is 0.250. The second-order valence-electron chi connectivity index (χ2n) is 9.32. The Morgan fingerprint density at radius 3 is 2.62 bits per heavy atom. The minimum absolute atomic E-state index is 0.0166. The number of aromatic nitrogens is 1. The fourth-order valence-corrected chi connectivity index (χ4v) is 3.59. The van der Waals surface area contributed by atoms with Crippen LogP contribution in [0.4, 0.5) is 5.69 Å². The largest absolute Gasteiger partial charge is 0.457 e. The van der Waals surface area contributed by atoms with Crippen molar-refractivity contribution >= 4 is 23.5 Å². The highest BCUT2D eigenvalue weighted by atomic mass is 16.5. The number of hydrogen-bond acceptors (Lipinski definition) is 5. The van der Waals surface area contributed by atoms with Crippen LogP contribution in [0.15, 0.2) is 77.4 Å². The molecule has 1 amide bonds. The molecule has 0 saturated heterocycles. The second-order valence-corrected chi connectivity index (χ2v) is 9.32. The summed E-state index contributed by atoms with van der Waals surface area (Å²) in [6.07, 6.45) is 3.56. The molecule has 2 N–H and O–H groups in total. The molecule has 6 heteroatoms. The molecule has 174 valence electrons. The molecule has 4 rings (SSSR count). The first kappa shape index (κ1) is 23.2. The number of anilines is 1. The van der Waals surface area contributed by atoms with E-state index in [0.717, 1.165) is 35.9 Å². The quantitative estimate of drug-likeness (QED) is 0.478. The third-order valence-electron chi connectivity index (χ3n) is 5.47. The van der Waals surface area contributed by atoms with E-state index in [1.54, 1.807) is 13.1 Å². The monoisotopic (exact) mass is 454 g/mol. The summed E-state index contributed by atoms with van der Waals surface area (Å²) in [5.41, 5.74) is 4.22. The topological polar surface area (TPSA) is 75.6 Å². The van der Waals surface area contributed by atoms with Crippen molar-refractivity contribution in [3.05, 3.63) is 89.3 Å². The van der Waals surface area contributed by atoms with Gasteiger partial charge >= 0.3 is 0 Å². The Morgan fingerprint density at radius 1 is 1.06 bits per heavy atom. The van der Waals surface area contributed by atoms with Crippen molar-refractivity contribution in [1.82, 2.24) is 10.3 Å². The minimum atomic E-state index is -0.138. The van der Waals surface area contributed by atoms with Gasteiger partial charge in [0.05, 0.1) is 6.54 Å². The van der Waals surface area contributed by atoms with Gasteiger partial charge in [0.25, 0.3) is 5.91 Å². The lowest BCUT2D eigenvalue weighted by Crippen LogP contribution is -2.20. The number of carbonyl (C=O) groups is 1. The van der Waals surface area contributed by atoms with Crippen molar-refractivity contribution in [2.45, 2.75) is 33.1 Å². The average Bonchev–Trinajstić information content (AvgIpc) is 3.34. The Bertz CT molecular complexity index is 1260. The number of hydrogen-bond donors (Lipinski definition) is 2. The minimum Gasteiger partial charge on any atom is -0.457 e. The summed E-state index contributed by atoms with van der Waals surface area (Å²) in [6, 6.07) is 19.3. The molecule has 0 bridgehead atoms. The van der Waals surface area contributed by atoms with Crippen LogP contribution >= 0.6 is 0 Å². The average molecular weight is 455 g/mol. The number of amides is 1. The van der Waals surface area contributed by atoms with Gasteiger partial charge in [0.15, 0.2) is 0 Å². The van der Waals surface area contributed by atoms with Crippen LogP contribution in [0.3, 0.4) is 0 Å². The second kappa shape index (κ2) is 9.91. The van der Waals surface area contributed by atoms with Crippen molar-refractivity contribution in [2.24, 2.45) is 4.99 Å². The van der Waals surface area contributed by atoms with Crippen LogP contribution in [-0.2, 0) is 10.2 Å². The Labute approximate surface area is 200 Å². The number of amidine groups is 1. The van der Waals surface area contributed by atoms with E-state index in [-0.39, 0.29) is 11.3 Å². The first-order valence-corrected chi connectivity index (χ1v) is 11.4. The van der Waals surface area contributed by atoms with Gasteiger partial charge in [0.2, 0.25) is 0 Å². The number of pyridine rings is 1. The molecule has 0 aliphatic carbocycles. The van der Waals surface area contributed by atoms with Gasteiger partial charge in [-0.1, -0.05) is 45.0 Å². The lowest BCUT2D eigenvalue weighted by molar-refractivity contribution is -0.112. The van der Waals surface area contributed by atoms with Crippen molar-refractivity contribution in [3.63, 3.8) is 0 Å². The van der Waals surface area contributed by atoms with Crippen molar-refractivity contribution in [1.29, 1.82) is 0 Å². The fourth-order valence-electron chi connectivity index (χ4n) is 3.59. The van der Waals surface area contributed by atoms with Gasteiger partial charge in [-0.05, 0) is 59.9 Å². The van der Waals surface area contributed by atoms with E-state index < -0.39 is 0 Å². The summed E-state index contributed by atoms with van der Waals surface area (Å²) in [7, 11) is 0. The maximum absolute atomic E-state index is 12.8. The van der Waals surface area contributed by atoms with Crippen LogP contribution in [0, 0.1) is 0 Å². The Kier molecular flexibility index (Phi) is 6.77. The molecule has 2 heterocycles. The summed E-state index contributed by atoms with van der Waals surface area (Å²) in [4.78, 5) is 21.6. The molecule has 3 aromatic rings. The summed E-state index contributed by atoms with van der Waals surface area (Å²) >= 11 is 0. The predicted octanol–water partition coefficient (Wildman–Crippen LogP) is 5.56. The SMILES string of the molecule is C/C(=C\c1cccc(Oc2ccnc(C3=NCCN3)c2)c1)C(=O)Nc1cccc(C(C)(C)C)c1. The van der Waals surface area contributed by atoms with Crippen molar-refractivity contribution < 1.29 is 9.53 Å². The Balaban J connectivity index is 1.46. The Morgan fingerprint density at radius 2 is 1.85 bits per heavy atom. The van der Waals surface area contributed by atoms with Crippen LogP contribution in [0.25, 0.3) is 6.08 Å². The number of nitrogens with zero attached hydrogens (tertiary/aromatic N) is 2. The van der Waals surface area contributed by atoms with Crippen LogP contribution < -0.4 is 15.4 Å².